The first-order chi connectivity index (χ1) is 13.6. The number of thiocarbonyl (C=S) groups is 1. The number of hydrogen-bond acceptors (Lipinski definition) is 6. The largest absolute Gasteiger partial charge is 0.465 e. The SMILES string of the molecule is O=C1/C(=C/c2ccco2)SC(=S)N1CC(=O)N1CCCC[C@@H]1c1cccnc1. The third kappa shape index (κ3) is 3.88. The number of carbonyl (C=O) groups is 2. The van der Waals surface area contributed by atoms with E-state index in [4.69, 9.17) is 16.6 Å². The van der Waals surface area contributed by atoms with Crippen molar-refractivity contribution in [2.24, 2.45) is 0 Å². The van der Waals surface area contributed by atoms with Crippen LogP contribution in [0.1, 0.15) is 36.6 Å². The molecular formula is C20H19N3O3S2. The van der Waals surface area contributed by atoms with Crippen LogP contribution in [0.5, 0.6) is 0 Å². The topological polar surface area (TPSA) is 66.7 Å². The maximum Gasteiger partial charge on any atom is 0.266 e. The lowest BCUT2D eigenvalue weighted by Crippen LogP contribution is -2.45. The molecule has 28 heavy (non-hydrogen) atoms. The Balaban J connectivity index is 1.49. The number of pyridine rings is 1. The summed E-state index contributed by atoms with van der Waals surface area (Å²) in [4.78, 5) is 33.7. The van der Waals surface area contributed by atoms with Crippen molar-refractivity contribution in [1.82, 2.24) is 14.8 Å². The van der Waals surface area contributed by atoms with Crippen LogP contribution in [-0.2, 0) is 9.59 Å². The van der Waals surface area contributed by atoms with Gasteiger partial charge in [-0.2, -0.15) is 0 Å². The van der Waals surface area contributed by atoms with Gasteiger partial charge in [0.2, 0.25) is 5.91 Å². The molecule has 0 bridgehead atoms. The van der Waals surface area contributed by atoms with Gasteiger partial charge in [-0.25, -0.2) is 0 Å². The van der Waals surface area contributed by atoms with Gasteiger partial charge in [-0.15, -0.1) is 0 Å². The Labute approximate surface area is 172 Å². The standard InChI is InChI=1S/C20H19N3O3S2/c24-18(22-9-2-1-7-16(22)14-5-3-8-21-12-14)13-23-19(25)17(28-20(23)27)11-15-6-4-10-26-15/h3-6,8,10-12,16H,1-2,7,9,13H2/b17-11-/t16-/m1/s1. The second-order valence-electron chi connectivity index (χ2n) is 6.67. The van der Waals surface area contributed by atoms with E-state index in [9.17, 15) is 9.59 Å². The number of carbonyl (C=O) groups excluding carboxylic acids is 2. The van der Waals surface area contributed by atoms with Gasteiger partial charge in [0, 0.05) is 25.0 Å². The van der Waals surface area contributed by atoms with Crippen LogP contribution in [0.4, 0.5) is 0 Å². The number of thioether (sulfide) groups is 1. The molecule has 8 heteroatoms. The molecule has 0 saturated carbocycles. The van der Waals surface area contributed by atoms with Crippen LogP contribution >= 0.6 is 24.0 Å². The molecule has 2 saturated heterocycles. The Morgan fingerprint density at radius 1 is 1.36 bits per heavy atom. The number of rotatable bonds is 4. The fourth-order valence-corrected chi connectivity index (χ4v) is 4.75. The summed E-state index contributed by atoms with van der Waals surface area (Å²) < 4.78 is 5.66. The molecule has 1 atom stereocenters. The minimum absolute atomic E-state index is 0.00740. The van der Waals surface area contributed by atoms with Crippen molar-refractivity contribution in [2.75, 3.05) is 13.1 Å². The summed E-state index contributed by atoms with van der Waals surface area (Å²) in [6.45, 7) is 0.631. The second-order valence-corrected chi connectivity index (χ2v) is 8.34. The molecule has 2 aromatic heterocycles. The Hall–Kier alpha value is -2.45. The summed E-state index contributed by atoms with van der Waals surface area (Å²) in [6, 6.07) is 7.39. The molecule has 0 aliphatic carbocycles. The lowest BCUT2D eigenvalue weighted by molar-refractivity contribution is -0.138. The molecule has 4 heterocycles. The van der Waals surface area contributed by atoms with E-state index in [0.717, 1.165) is 24.8 Å². The Kier molecular flexibility index (Phi) is 5.59. The Morgan fingerprint density at radius 3 is 3.00 bits per heavy atom. The van der Waals surface area contributed by atoms with Crippen LogP contribution in [0.2, 0.25) is 0 Å². The van der Waals surface area contributed by atoms with E-state index in [1.807, 2.05) is 23.2 Å². The Morgan fingerprint density at radius 2 is 2.25 bits per heavy atom. The van der Waals surface area contributed by atoms with Gasteiger partial charge >= 0.3 is 0 Å². The van der Waals surface area contributed by atoms with Crippen molar-refractivity contribution in [2.45, 2.75) is 25.3 Å². The van der Waals surface area contributed by atoms with E-state index >= 15 is 0 Å². The summed E-state index contributed by atoms with van der Waals surface area (Å²) in [5.74, 6) is 0.235. The maximum absolute atomic E-state index is 13.1. The van der Waals surface area contributed by atoms with Crippen LogP contribution in [0.15, 0.2) is 52.2 Å². The van der Waals surface area contributed by atoms with Crippen molar-refractivity contribution in [3.05, 3.63) is 59.2 Å². The highest BCUT2D eigenvalue weighted by molar-refractivity contribution is 8.26. The van der Waals surface area contributed by atoms with Crippen LogP contribution in [0.25, 0.3) is 6.08 Å². The zero-order valence-corrected chi connectivity index (χ0v) is 16.7. The van der Waals surface area contributed by atoms with Gasteiger partial charge in [0.15, 0.2) is 0 Å². The molecule has 0 spiro atoms. The molecule has 0 aromatic carbocycles. The number of piperidine rings is 1. The molecule has 0 unspecified atom stereocenters. The first-order valence-electron chi connectivity index (χ1n) is 9.12. The average molecular weight is 414 g/mol. The van der Waals surface area contributed by atoms with E-state index in [1.165, 1.54) is 16.7 Å². The van der Waals surface area contributed by atoms with E-state index in [1.54, 1.807) is 30.7 Å². The minimum Gasteiger partial charge on any atom is -0.465 e. The molecule has 4 rings (SSSR count). The highest BCUT2D eigenvalue weighted by Crippen LogP contribution is 2.34. The summed E-state index contributed by atoms with van der Waals surface area (Å²) in [5, 5.41) is 0. The number of amides is 2. The van der Waals surface area contributed by atoms with Crippen molar-refractivity contribution >= 4 is 46.2 Å². The summed E-state index contributed by atoms with van der Waals surface area (Å²) in [6.07, 6.45) is 9.66. The molecule has 0 N–H and O–H groups in total. The fourth-order valence-electron chi connectivity index (χ4n) is 3.51. The number of furan rings is 1. The van der Waals surface area contributed by atoms with E-state index in [0.29, 0.717) is 21.5 Å². The third-order valence-corrected chi connectivity index (χ3v) is 6.25. The number of aromatic nitrogens is 1. The average Bonchev–Trinajstić information content (AvgIpc) is 3.33. The lowest BCUT2D eigenvalue weighted by Gasteiger charge is -2.36. The highest BCUT2D eigenvalue weighted by Gasteiger charge is 2.36. The van der Waals surface area contributed by atoms with Crippen molar-refractivity contribution in [3.8, 4) is 0 Å². The molecule has 2 fully saturated rings. The van der Waals surface area contributed by atoms with Crippen molar-refractivity contribution < 1.29 is 14.0 Å². The highest BCUT2D eigenvalue weighted by atomic mass is 32.2. The van der Waals surface area contributed by atoms with Crippen LogP contribution in [0.3, 0.4) is 0 Å². The van der Waals surface area contributed by atoms with Crippen LogP contribution in [-0.4, -0.2) is 44.0 Å². The molecule has 2 aliphatic heterocycles. The molecule has 2 amide bonds. The first-order valence-corrected chi connectivity index (χ1v) is 10.3. The van der Waals surface area contributed by atoms with E-state index < -0.39 is 0 Å². The number of hydrogen-bond donors (Lipinski definition) is 0. The maximum atomic E-state index is 13.1. The molecule has 144 valence electrons. The van der Waals surface area contributed by atoms with Crippen molar-refractivity contribution in [1.29, 1.82) is 0 Å². The number of likely N-dealkylation sites (tertiary alicyclic amines) is 1. The molecular weight excluding hydrogens is 394 g/mol. The summed E-state index contributed by atoms with van der Waals surface area (Å²) >= 11 is 6.54. The van der Waals surface area contributed by atoms with Gasteiger partial charge in [0.1, 0.15) is 16.6 Å². The smallest absolute Gasteiger partial charge is 0.266 e. The summed E-state index contributed by atoms with van der Waals surface area (Å²) in [5.41, 5.74) is 1.03. The quantitative estimate of drug-likeness (QED) is 0.563. The van der Waals surface area contributed by atoms with Crippen molar-refractivity contribution in [3.63, 3.8) is 0 Å². The first kappa shape index (κ1) is 18.9. The van der Waals surface area contributed by atoms with Gasteiger partial charge < -0.3 is 9.32 Å². The van der Waals surface area contributed by atoms with Gasteiger partial charge in [-0.1, -0.05) is 30.0 Å². The molecule has 6 nitrogen and oxygen atoms in total. The zero-order chi connectivity index (χ0) is 19.5. The number of nitrogens with zero attached hydrogens (tertiary/aromatic N) is 3. The van der Waals surface area contributed by atoms with Gasteiger partial charge in [-0.3, -0.25) is 19.5 Å². The van der Waals surface area contributed by atoms with Crippen LogP contribution in [0, 0.1) is 0 Å². The Bertz CT molecular complexity index is 912. The predicted octanol–water partition coefficient (Wildman–Crippen LogP) is 3.63. The van der Waals surface area contributed by atoms with E-state index in [2.05, 4.69) is 4.98 Å². The predicted molar refractivity (Wildman–Crippen MR) is 111 cm³/mol. The second kappa shape index (κ2) is 8.28. The minimum atomic E-state index is -0.255. The molecule has 2 aliphatic rings. The van der Waals surface area contributed by atoms with Gasteiger partial charge in [0.25, 0.3) is 5.91 Å². The van der Waals surface area contributed by atoms with E-state index in [-0.39, 0.29) is 24.4 Å². The van der Waals surface area contributed by atoms with Crippen LogP contribution < -0.4 is 0 Å². The normalized spacial score (nSPS) is 21.6. The zero-order valence-electron chi connectivity index (χ0n) is 15.1. The van der Waals surface area contributed by atoms with Gasteiger partial charge in [-0.05, 0) is 43.0 Å². The third-order valence-electron chi connectivity index (χ3n) is 4.88. The lowest BCUT2D eigenvalue weighted by atomic mass is 9.96. The fraction of sp³-hybridized carbons (Fsp3) is 0.300. The molecule has 0 radical (unpaired) electrons. The summed E-state index contributed by atoms with van der Waals surface area (Å²) in [7, 11) is 0. The molecule has 2 aromatic rings. The monoisotopic (exact) mass is 413 g/mol. The van der Waals surface area contributed by atoms with Gasteiger partial charge in [0.05, 0.1) is 17.2 Å².